The largest absolute Gasteiger partial charge is 0.375 e. The molecular weight excluding hydrogens is 316 g/mol. The maximum absolute atomic E-state index is 12.5. The van der Waals surface area contributed by atoms with Crippen LogP contribution in [0.5, 0.6) is 0 Å². The van der Waals surface area contributed by atoms with Gasteiger partial charge < -0.3 is 9.72 Å². The Bertz CT molecular complexity index is 643. The Balaban J connectivity index is 1.63. The van der Waals surface area contributed by atoms with Crippen LogP contribution in [-0.4, -0.2) is 61.2 Å². The van der Waals surface area contributed by atoms with E-state index in [1.807, 2.05) is 6.92 Å². The molecule has 8 heteroatoms. The van der Waals surface area contributed by atoms with Crippen molar-refractivity contribution in [2.45, 2.75) is 56.8 Å². The predicted octanol–water partition coefficient (Wildman–Crippen LogP) is 0.748. The number of nitrogens with one attached hydrogen (secondary N) is 2. The van der Waals surface area contributed by atoms with Gasteiger partial charge in [-0.05, 0) is 12.3 Å². The van der Waals surface area contributed by atoms with Crippen molar-refractivity contribution in [3.05, 3.63) is 12.0 Å². The molecule has 130 valence electrons. The van der Waals surface area contributed by atoms with Crippen LogP contribution in [0.3, 0.4) is 0 Å². The Morgan fingerprint density at radius 2 is 2.26 bits per heavy atom. The van der Waals surface area contributed by atoms with Crippen molar-refractivity contribution in [3.63, 3.8) is 0 Å². The summed E-state index contributed by atoms with van der Waals surface area (Å²) >= 11 is 0. The Labute approximate surface area is 137 Å². The highest BCUT2D eigenvalue weighted by Gasteiger charge is 2.39. The zero-order valence-electron chi connectivity index (χ0n) is 13.9. The molecule has 0 saturated carbocycles. The van der Waals surface area contributed by atoms with Crippen LogP contribution in [0.25, 0.3) is 0 Å². The maximum Gasteiger partial charge on any atom is 0.257 e. The number of nitrogens with zero attached hydrogens (tertiary/aromatic N) is 2. The summed E-state index contributed by atoms with van der Waals surface area (Å²) in [6, 6.07) is 0.235. The van der Waals surface area contributed by atoms with Crippen LogP contribution in [0.4, 0.5) is 0 Å². The Morgan fingerprint density at radius 1 is 1.48 bits per heavy atom. The lowest BCUT2D eigenvalue weighted by molar-refractivity contribution is -0.0683. The number of morpholine rings is 1. The molecule has 3 atom stereocenters. The highest BCUT2D eigenvalue weighted by atomic mass is 32.2. The molecule has 2 saturated heterocycles. The van der Waals surface area contributed by atoms with Gasteiger partial charge in [-0.25, -0.2) is 18.1 Å². The number of aryl methyl sites for hydroxylation is 1. The molecule has 2 N–H and O–H groups in total. The first-order valence-electron chi connectivity index (χ1n) is 8.31. The Hall–Kier alpha value is -0.960. The zero-order chi connectivity index (χ0) is 16.6. The van der Waals surface area contributed by atoms with Crippen LogP contribution in [0.1, 0.15) is 33.0 Å². The first-order valence-corrected chi connectivity index (χ1v) is 9.79. The highest BCUT2D eigenvalue weighted by molar-refractivity contribution is 7.89. The van der Waals surface area contributed by atoms with Gasteiger partial charge in [-0.2, -0.15) is 0 Å². The quantitative estimate of drug-likeness (QED) is 0.824. The van der Waals surface area contributed by atoms with Crippen molar-refractivity contribution in [1.29, 1.82) is 0 Å². The fraction of sp³-hybridized carbons (Fsp3) is 0.800. The van der Waals surface area contributed by atoms with Crippen molar-refractivity contribution in [1.82, 2.24) is 19.6 Å². The maximum atomic E-state index is 12.5. The standard InChI is InChI=1S/C15H26N4O3S/c1-4-14-16-6-15(17-14)23(20,21)18-11-5-12-9-22-13(10(2)3)8-19(12)7-11/h6,10-13,18H,4-5,7-9H2,1-3H3,(H,16,17)/t11-,12-,13+/m0/s1. The molecule has 0 unspecified atom stereocenters. The van der Waals surface area contributed by atoms with Gasteiger partial charge in [-0.1, -0.05) is 20.8 Å². The minimum atomic E-state index is -3.54. The molecule has 3 heterocycles. The molecule has 0 amide bonds. The van der Waals surface area contributed by atoms with E-state index in [0.717, 1.165) is 19.5 Å². The van der Waals surface area contributed by atoms with E-state index in [0.29, 0.717) is 30.8 Å². The van der Waals surface area contributed by atoms with Crippen molar-refractivity contribution in [2.24, 2.45) is 5.92 Å². The summed E-state index contributed by atoms with van der Waals surface area (Å²) in [5.41, 5.74) is 0. The van der Waals surface area contributed by atoms with Crippen LogP contribution in [-0.2, 0) is 21.2 Å². The Kier molecular flexibility index (Phi) is 4.78. The number of ether oxygens (including phenoxy) is 1. The molecule has 0 spiro atoms. The molecule has 3 rings (SSSR count). The van der Waals surface area contributed by atoms with Gasteiger partial charge in [0.05, 0.1) is 18.9 Å². The van der Waals surface area contributed by atoms with E-state index in [2.05, 4.69) is 33.4 Å². The van der Waals surface area contributed by atoms with E-state index in [-0.39, 0.29) is 17.2 Å². The van der Waals surface area contributed by atoms with Gasteiger partial charge in [0.2, 0.25) is 0 Å². The molecule has 0 radical (unpaired) electrons. The van der Waals surface area contributed by atoms with Gasteiger partial charge >= 0.3 is 0 Å². The van der Waals surface area contributed by atoms with Gasteiger partial charge in [-0.3, -0.25) is 4.90 Å². The molecule has 0 aromatic carbocycles. The van der Waals surface area contributed by atoms with Crippen molar-refractivity contribution >= 4 is 10.0 Å². The molecule has 0 aliphatic carbocycles. The average Bonchev–Trinajstić information content (AvgIpc) is 3.12. The fourth-order valence-corrected chi connectivity index (χ4v) is 4.51. The number of rotatable bonds is 5. The normalized spacial score (nSPS) is 29.1. The summed E-state index contributed by atoms with van der Waals surface area (Å²) in [5.74, 6) is 1.16. The molecule has 1 aromatic heterocycles. The highest BCUT2D eigenvalue weighted by Crippen LogP contribution is 2.26. The second-order valence-electron chi connectivity index (χ2n) is 6.83. The first-order chi connectivity index (χ1) is 10.9. The van der Waals surface area contributed by atoms with Crippen LogP contribution < -0.4 is 4.72 Å². The lowest BCUT2D eigenvalue weighted by atomic mass is 10.0. The van der Waals surface area contributed by atoms with Gasteiger partial charge in [0.15, 0.2) is 5.03 Å². The van der Waals surface area contributed by atoms with Crippen LogP contribution in [0.15, 0.2) is 11.2 Å². The number of hydrogen-bond donors (Lipinski definition) is 2. The topological polar surface area (TPSA) is 87.3 Å². The average molecular weight is 342 g/mol. The Morgan fingerprint density at radius 3 is 2.91 bits per heavy atom. The van der Waals surface area contributed by atoms with Crippen LogP contribution >= 0.6 is 0 Å². The van der Waals surface area contributed by atoms with E-state index in [4.69, 9.17) is 4.74 Å². The fourth-order valence-electron chi connectivity index (χ4n) is 3.33. The molecule has 0 bridgehead atoms. The van der Waals surface area contributed by atoms with E-state index in [1.54, 1.807) is 0 Å². The second kappa shape index (κ2) is 6.51. The van der Waals surface area contributed by atoms with E-state index >= 15 is 0 Å². The number of sulfonamides is 1. The summed E-state index contributed by atoms with van der Waals surface area (Å²) < 4.78 is 33.6. The van der Waals surface area contributed by atoms with Crippen LogP contribution in [0, 0.1) is 5.92 Å². The third kappa shape index (κ3) is 3.60. The van der Waals surface area contributed by atoms with Crippen LogP contribution in [0.2, 0.25) is 0 Å². The smallest absolute Gasteiger partial charge is 0.257 e. The summed E-state index contributed by atoms with van der Waals surface area (Å²) in [6.45, 7) is 8.55. The molecule has 2 aliphatic rings. The second-order valence-corrected chi connectivity index (χ2v) is 8.51. The summed E-state index contributed by atoms with van der Waals surface area (Å²) in [4.78, 5) is 9.29. The third-order valence-electron chi connectivity index (χ3n) is 4.74. The SMILES string of the molecule is CCc1ncc(S(=O)(=O)N[C@H]2C[C@H]3CO[C@@H](C(C)C)CN3C2)[nH]1. The van der Waals surface area contributed by atoms with Crippen molar-refractivity contribution in [2.75, 3.05) is 19.7 Å². The lowest BCUT2D eigenvalue weighted by Gasteiger charge is -2.36. The third-order valence-corrected chi connectivity index (χ3v) is 6.17. The minimum Gasteiger partial charge on any atom is -0.375 e. The number of H-pyrrole nitrogens is 1. The van der Waals surface area contributed by atoms with Gasteiger partial charge in [0, 0.05) is 31.6 Å². The lowest BCUT2D eigenvalue weighted by Crippen LogP contribution is -2.48. The number of fused-ring (bicyclic) bond motifs is 1. The monoisotopic (exact) mass is 342 g/mol. The van der Waals surface area contributed by atoms with E-state index in [9.17, 15) is 8.42 Å². The molecule has 1 aromatic rings. The number of imidazole rings is 1. The summed E-state index contributed by atoms with van der Waals surface area (Å²) in [5, 5.41) is 0.149. The first kappa shape index (κ1) is 16.9. The van der Waals surface area contributed by atoms with Gasteiger partial charge in [0.1, 0.15) is 5.82 Å². The molecular formula is C15H26N4O3S. The molecule has 7 nitrogen and oxygen atoms in total. The van der Waals surface area contributed by atoms with Crippen molar-refractivity contribution in [3.8, 4) is 0 Å². The van der Waals surface area contributed by atoms with E-state index in [1.165, 1.54) is 6.20 Å². The summed E-state index contributed by atoms with van der Waals surface area (Å²) in [6.07, 6.45) is 3.10. The molecule has 23 heavy (non-hydrogen) atoms. The molecule has 2 aliphatic heterocycles. The summed E-state index contributed by atoms with van der Waals surface area (Å²) in [7, 11) is -3.54. The van der Waals surface area contributed by atoms with Gasteiger partial charge in [-0.15, -0.1) is 0 Å². The number of aromatic nitrogens is 2. The zero-order valence-corrected chi connectivity index (χ0v) is 14.8. The van der Waals surface area contributed by atoms with Gasteiger partial charge in [0.25, 0.3) is 10.0 Å². The van der Waals surface area contributed by atoms with E-state index < -0.39 is 10.0 Å². The molecule has 2 fully saturated rings. The van der Waals surface area contributed by atoms with Crippen molar-refractivity contribution < 1.29 is 13.2 Å². The number of aromatic amines is 1. The number of hydrogen-bond acceptors (Lipinski definition) is 5. The predicted molar refractivity (Wildman–Crippen MR) is 86.6 cm³/mol. The minimum absolute atomic E-state index is 0.0760.